The van der Waals surface area contributed by atoms with Gasteiger partial charge in [-0.1, -0.05) is 30.3 Å². The Labute approximate surface area is 157 Å². The molecule has 1 aromatic rings. The van der Waals surface area contributed by atoms with Gasteiger partial charge in [-0.3, -0.25) is 4.99 Å². The zero-order chi connectivity index (χ0) is 15.7. The molecule has 2 N–H and O–H groups in total. The number of ether oxygens (including phenoxy) is 1. The van der Waals surface area contributed by atoms with Gasteiger partial charge in [-0.15, -0.1) is 24.0 Å². The third kappa shape index (κ3) is 7.52. The molecule has 0 spiro atoms. The second-order valence-corrected chi connectivity index (χ2v) is 6.04. The first kappa shape index (κ1) is 20.2. The topological polar surface area (TPSA) is 45.6 Å². The summed E-state index contributed by atoms with van der Waals surface area (Å²) in [6.07, 6.45) is 4.76. The van der Waals surface area contributed by atoms with Crippen LogP contribution in [0.5, 0.6) is 0 Å². The number of nitrogens with zero attached hydrogens (tertiary/aromatic N) is 1. The Morgan fingerprint density at radius 3 is 2.57 bits per heavy atom. The summed E-state index contributed by atoms with van der Waals surface area (Å²) in [4.78, 5) is 4.31. The summed E-state index contributed by atoms with van der Waals surface area (Å²) < 4.78 is 5.48. The largest absolute Gasteiger partial charge is 0.382 e. The van der Waals surface area contributed by atoms with Crippen molar-refractivity contribution in [2.24, 2.45) is 10.4 Å². The summed E-state index contributed by atoms with van der Waals surface area (Å²) in [6.45, 7) is 5.63. The van der Waals surface area contributed by atoms with E-state index in [2.05, 4.69) is 52.9 Å². The number of rotatable bonds is 9. The highest BCUT2D eigenvalue weighted by Gasteiger charge is 2.41. The molecule has 0 unspecified atom stereocenters. The van der Waals surface area contributed by atoms with Gasteiger partial charge in [0.1, 0.15) is 0 Å². The van der Waals surface area contributed by atoms with E-state index in [9.17, 15) is 0 Å². The Kier molecular flexibility index (Phi) is 9.55. The van der Waals surface area contributed by atoms with E-state index in [0.29, 0.717) is 5.41 Å². The Morgan fingerprint density at radius 2 is 1.96 bits per heavy atom. The first-order chi connectivity index (χ1) is 10.8. The number of guanidine groups is 1. The minimum Gasteiger partial charge on any atom is -0.382 e. The molecule has 0 heterocycles. The van der Waals surface area contributed by atoms with E-state index in [1.807, 2.05) is 7.05 Å². The third-order valence-electron chi connectivity index (χ3n) is 4.34. The molecule has 5 heteroatoms. The first-order valence-electron chi connectivity index (χ1n) is 8.34. The monoisotopic (exact) mass is 431 g/mol. The SMILES string of the molecule is CCOCCC1(CNC(=NC)NCCc2ccccc2)CC1.I. The van der Waals surface area contributed by atoms with Crippen molar-refractivity contribution in [3.05, 3.63) is 35.9 Å². The van der Waals surface area contributed by atoms with Gasteiger partial charge in [0.15, 0.2) is 5.96 Å². The molecule has 2 rings (SSSR count). The van der Waals surface area contributed by atoms with Crippen LogP contribution in [0.3, 0.4) is 0 Å². The molecule has 1 saturated carbocycles. The van der Waals surface area contributed by atoms with Crippen LogP contribution in [0.4, 0.5) is 0 Å². The Morgan fingerprint density at radius 1 is 1.22 bits per heavy atom. The number of hydrogen-bond acceptors (Lipinski definition) is 2. The van der Waals surface area contributed by atoms with Crippen LogP contribution in [0.1, 0.15) is 31.7 Å². The van der Waals surface area contributed by atoms with Crippen molar-refractivity contribution >= 4 is 29.9 Å². The zero-order valence-corrected chi connectivity index (χ0v) is 16.6. The van der Waals surface area contributed by atoms with E-state index >= 15 is 0 Å². The van der Waals surface area contributed by atoms with E-state index in [4.69, 9.17) is 4.74 Å². The molecule has 0 aromatic heterocycles. The Hall–Kier alpha value is -0.820. The minimum absolute atomic E-state index is 0. The van der Waals surface area contributed by atoms with Gasteiger partial charge >= 0.3 is 0 Å². The normalized spacial score (nSPS) is 15.7. The van der Waals surface area contributed by atoms with Gasteiger partial charge in [-0.05, 0) is 43.6 Å². The van der Waals surface area contributed by atoms with Crippen LogP contribution in [-0.2, 0) is 11.2 Å². The van der Waals surface area contributed by atoms with Crippen molar-refractivity contribution in [1.82, 2.24) is 10.6 Å². The van der Waals surface area contributed by atoms with Crippen LogP contribution in [0.15, 0.2) is 35.3 Å². The molecule has 1 fully saturated rings. The summed E-state index contributed by atoms with van der Waals surface area (Å²) in [5, 5.41) is 6.86. The summed E-state index contributed by atoms with van der Waals surface area (Å²) in [5.74, 6) is 0.901. The second kappa shape index (κ2) is 10.9. The lowest BCUT2D eigenvalue weighted by Crippen LogP contribution is -2.41. The number of nitrogens with one attached hydrogen (secondary N) is 2. The van der Waals surface area contributed by atoms with E-state index in [-0.39, 0.29) is 24.0 Å². The van der Waals surface area contributed by atoms with Crippen LogP contribution in [0.25, 0.3) is 0 Å². The highest BCUT2D eigenvalue weighted by Crippen LogP contribution is 2.48. The van der Waals surface area contributed by atoms with Gasteiger partial charge in [0.2, 0.25) is 0 Å². The lowest BCUT2D eigenvalue weighted by Gasteiger charge is -2.18. The highest BCUT2D eigenvalue weighted by atomic mass is 127. The maximum Gasteiger partial charge on any atom is 0.191 e. The first-order valence-corrected chi connectivity index (χ1v) is 8.34. The molecule has 0 bridgehead atoms. The second-order valence-electron chi connectivity index (χ2n) is 6.04. The van der Waals surface area contributed by atoms with Crippen LogP contribution in [-0.4, -0.2) is 39.3 Å². The lowest BCUT2D eigenvalue weighted by atomic mass is 10.0. The molecule has 4 nitrogen and oxygen atoms in total. The summed E-state index contributed by atoms with van der Waals surface area (Å²) in [5.41, 5.74) is 1.78. The number of aliphatic imine (C=N–C) groups is 1. The maximum absolute atomic E-state index is 5.48. The standard InChI is InChI=1S/C18H29N3O.HI/c1-3-22-14-12-18(10-11-18)15-21-17(19-2)20-13-9-16-7-5-4-6-8-16;/h4-8H,3,9-15H2,1-2H3,(H2,19,20,21);1H. The predicted molar refractivity (Wildman–Crippen MR) is 108 cm³/mol. The van der Waals surface area contributed by atoms with E-state index in [0.717, 1.165) is 45.1 Å². The molecular weight excluding hydrogens is 401 g/mol. The number of halogens is 1. The minimum atomic E-state index is 0. The van der Waals surface area contributed by atoms with Gasteiger partial charge in [0.25, 0.3) is 0 Å². The molecule has 0 amide bonds. The third-order valence-corrected chi connectivity index (χ3v) is 4.34. The number of benzene rings is 1. The van der Waals surface area contributed by atoms with Crippen molar-refractivity contribution in [2.75, 3.05) is 33.4 Å². The molecular formula is C18H30IN3O. The van der Waals surface area contributed by atoms with Gasteiger partial charge < -0.3 is 15.4 Å². The zero-order valence-electron chi connectivity index (χ0n) is 14.3. The molecule has 130 valence electrons. The predicted octanol–water partition coefficient (Wildman–Crippen LogP) is 3.22. The highest BCUT2D eigenvalue weighted by molar-refractivity contribution is 14.0. The molecule has 0 saturated heterocycles. The van der Waals surface area contributed by atoms with Crippen molar-refractivity contribution < 1.29 is 4.74 Å². The smallest absolute Gasteiger partial charge is 0.191 e. The molecule has 0 aliphatic heterocycles. The van der Waals surface area contributed by atoms with Crippen molar-refractivity contribution in [3.8, 4) is 0 Å². The molecule has 23 heavy (non-hydrogen) atoms. The van der Waals surface area contributed by atoms with Crippen LogP contribution in [0.2, 0.25) is 0 Å². The van der Waals surface area contributed by atoms with E-state index in [1.54, 1.807) is 0 Å². The maximum atomic E-state index is 5.48. The quantitative estimate of drug-likeness (QED) is 0.273. The van der Waals surface area contributed by atoms with Crippen LogP contribution in [0, 0.1) is 5.41 Å². The fourth-order valence-corrected chi connectivity index (χ4v) is 2.59. The average Bonchev–Trinajstić information content (AvgIpc) is 3.32. The lowest BCUT2D eigenvalue weighted by molar-refractivity contribution is 0.128. The fraction of sp³-hybridized carbons (Fsp3) is 0.611. The average molecular weight is 431 g/mol. The Balaban J connectivity index is 0.00000264. The van der Waals surface area contributed by atoms with Gasteiger partial charge in [0.05, 0.1) is 0 Å². The molecule has 0 radical (unpaired) electrons. The van der Waals surface area contributed by atoms with Gasteiger partial charge in [0, 0.05) is 33.4 Å². The number of hydrogen-bond donors (Lipinski definition) is 2. The molecule has 1 aromatic carbocycles. The van der Waals surface area contributed by atoms with Crippen molar-refractivity contribution in [2.45, 2.75) is 32.6 Å². The molecule has 0 atom stereocenters. The fourth-order valence-electron chi connectivity index (χ4n) is 2.59. The van der Waals surface area contributed by atoms with E-state index in [1.165, 1.54) is 18.4 Å². The van der Waals surface area contributed by atoms with Gasteiger partial charge in [-0.2, -0.15) is 0 Å². The Bertz CT molecular complexity index is 461. The van der Waals surface area contributed by atoms with Gasteiger partial charge in [-0.25, -0.2) is 0 Å². The van der Waals surface area contributed by atoms with Crippen LogP contribution < -0.4 is 10.6 Å². The van der Waals surface area contributed by atoms with E-state index < -0.39 is 0 Å². The van der Waals surface area contributed by atoms with Crippen LogP contribution >= 0.6 is 24.0 Å². The van der Waals surface area contributed by atoms with Crippen molar-refractivity contribution in [3.63, 3.8) is 0 Å². The molecule has 1 aliphatic rings. The summed E-state index contributed by atoms with van der Waals surface area (Å²) in [7, 11) is 1.83. The summed E-state index contributed by atoms with van der Waals surface area (Å²) in [6, 6.07) is 10.5. The summed E-state index contributed by atoms with van der Waals surface area (Å²) >= 11 is 0. The van der Waals surface area contributed by atoms with Crippen molar-refractivity contribution in [1.29, 1.82) is 0 Å². The molecule has 1 aliphatic carbocycles.